The monoisotopic (exact) mass is 429 g/mol. The Morgan fingerprint density at radius 2 is 1.63 bits per heavy atom. The lowest BCUT2D eigenvalue weighted by Gasteiger charge is -2.34. The largest absolute Gasteiger partial charge is 0.325 e. The first-order valence-corrected chi connectivity index (χ1v) is 10.0. The van der Waals surface area contributed by atoms with Gasteiger partial charge in [0.25, 0.3) is 0 Å². The first-order valence-electron chi connectivity index (χ1n) is 9.21. The third-order valence-corrected chi connectivity index (χ3v) is 5.80. The normalized spacial score (nSPS) is 15.9. The minimum atomic E-state index is -0.101. The number of anilines is 2. The minimum Gasteiger partial charge on any atom is -0.325 e. The molecule has 1 atom stereocenters. The summed E-state index contributed by atoms with van der Waals surface area (Å²) in [5, 5.41) is 5.92. The van der Waals surface area contributed by atoms with Crippen LogP contribution in [0.2, 0.25) is 0 Å². The molecular weight excluding hydrogens is 406 g/mol. The Kier molecular flexibility index (Phi) is 6.50. The summed E-state index contributed by atoms with van der Waals surface area (Å²) >= 11 is 3.46. The molecule has 0 aromatic heterocycles. The van der Waals surface area contributed by atoms with Crippen LogP contribution in [0.3, 0.4) is 0 Å². The Morgan fingerprint density at radius 1 is 1.00 bits per heavy atom. The number of nitrogens with one attached hydrogen (secondary N) is 2. The third-order valence-electron chi connectivity index (χ3n) is 5.10. The van der Waals surface area contributed by atoms with Gasteiger partial charge in [-0.1, -0.05) is 37.3 Å². The number of carbonyl (C=O) groups is 2. The van der Waals surface area contributed by atoms with Crippen molar-refractivity contribution in [2.24, 2.45) is 11.8 Å². The molecule has 2 N–H and O–H groups in total. The maximum Gasteiger partial charge on any atom is 0.321 e. The number of carbonyl (C=O) groups excluding carboxylic acids is 2. The van der Waals surface area contributed by atoms with Gasteiger partial charge in [0.1, 0.15) is 0 Å². The molecule has 0 bridgehead atoms. The highest BCUT2D eigenvalue weighted by molar-refractivity contribution is 9.10. The summed E-state index contributed by atoms with van der Waals surface area (Å²) < 4.78 is 0.873. The van der Waals surface area contributed by atoms with Crippen LogP contribution >= 0.6 is 15.9 Å². The Bertz CT molecular complexity index is 789. The number of urea groups is 1. The smallest absolute Gasteiger partial charge is 0.321 e. The van der Waals surface area contributed by atoms with Crippen molar-refractivity contribution in [1.82, 2.24) is 4.90 Å². The van der Waals surface area contributed by atoms with Gasteiger partial charge in [-0.15, -0.1) is 0 Å². The van der Waals surface area contributed by atoms with E-state index in [0.717, 1.165) is 28.7 Å². The zero-order valence-corrected chi connectivity index (χ0v) is 16.9. The van der Waals surface area contributed by atoms with Crippen molar-refractivity contribution in [3.8, 4) is 0 Å². The molecule has 0 aliphatic carbocycles. The zero-order chi connectivity index (χ0) is 19.2. The second kappa shape index (κ2) is 9.04. The Labute approximate surface area is 168 Å². The molecule has 0 saturated carbocycles. The molecule has 1 fully saturated rings. The van der Waals surface area contributed by atoms with E-state index in [1.165, 1.54) is 0 Å². The molecule has 142 valence electrons. The molecule has 3 rings (SSSR count). The zero-order valence-electron chi connectivity index (χ0n) is 15.3. The average molecular weight is 430 g/mol. The Balaban J connectivity index is 1.50. The lowest BCUT2D eigenvalue weighted by Crippen LogP contribution is -2.43. The number of halogens is 1. The first kappa shape index (κ1) is 19.4. The van der Waals surface area contributed by atoms with Gasteiger partial charge in [0.2, 0.25) is 5.91 Å². The molecule has 2 aromatic rings. The molecule has 0 spiro atoms. The summed E-state index contributed by atoms with van der Waals surface area (Å²) in [6.07, 6.45) is 1.65. The molecule has 27 heavy (non-hydrogen) atoms. The molecule has 0 radical (unpaired) electrons. The third kappa shape index (κ3) is 5.10. The van der Waals surface area contributed by atoms with E-state index in [1.54, 1.807) is 0 Å². The first-order chi connectivity index (χ1) is 13.0. The van der Waals surface area contributed by atoms with Crippen molar-refractivity contribution in [2.45, 2.75) is 19.8 Å². The highest BCUT2D eigenvalue weighted by Gasteiger charge is 2.30. The summed E-state index contributed by atoms with van der Waals surface area (Å²) in [5.41, 5.74) is 1.58. The van der Waals surface area contributed by atoms with Gasteiger partial charge in [-0.05, 0) is 59.0 Å². The van der Waals surface area contributed by atoms with Gasteiger partial charge in [0.05, 0.1) is 5.69 Å². The number of nitrogens with zero attached hydrogens (tertiary/aromatic N) is 1. The number of benzene rings is 2. The number of piperidine rings is 1. The summed E-state index contributed by atoms with van der Waals surface area (Å²) in [6, 6.07) is 17.0. The molecule has 2 aromatic carbocycles. The van der Waals surface area contributed by atoms with Crippen LogP contribution in [0.1, 0.15) is 19.8 Å². The SMILES string of the molecule is C[C@@H](C(=O)Nc1ccccc1Br)C1CCN(C(=O)Nc2ccccc2)CC1. The minimum absolute atomic E-state index is 0.0223. The van der Waals surface area contributed by atoms with Crippen LogP contribution in [0.25, 0.3) is 0 Å². The fourth-order valence-electron chi connectivity index (χ4n) is 3.35. The van der Waals surface area contributed by atoms with Crippen molar-refractivity contribution >= 4 is 39.2 Å². The number of hydrogen-bond donors (Lipinski definition) is 2. The van der Waals surface area contributed by atoms with Gasteiger partial charge in [-0.3, -0.25) is 4.79 Å². The molecule has 0 unspecified atom stereocenters. The van der Waals surface area contributed by atoms with Crippen molar-refractivity contribution in [2.75, 3.05) is 23.7 Å². The molecule has 5 nitrogen and oxygen atoms in total. The van der Waals surface area contributed by atoms with Gasteiger partial charge >= 0.3 is 6.03 Å². The van der Waals surface area contributed by atoms with E-state index in [-0.39, 0.29) is 23.8 Å². The highest BCUT2D eigenvalue weighted by Crippen LogP contribution is 2.28. The summed E-state index contributed by atoms with van der Waals surface area (Å²) in [5.74, 6) is 0.193. The van der Waals surface area contributed by atoms with Crippen molar-refractivity contribution < 1.29 is 9.59 Å². The van der Waals surface area contributed by atoms with E-state index in [1.807, 2.05) is 66.4 Å². The van der Waals surface area contributed by atoms with Gasteiger partial charge in [0, 0.05) is 29.2 Å². The second-order valence-electron chi connectivity index (χ2n) is 6.88. The van der Waals surface area contributed by atoms with Crippen LogP contribution in [0.15, 0.2) is 59.1 Å². The quantitative estimate of drug-likeness (QED) is 0.720. The molecule has 1 heterocycles. The standard InChI is InChI=1S/C21H24BrN3O2/c1-15(20(26)24-19-10-6-5-9-18(19)22)16-11-13-25(14-12-16)21(27)23-17-7-3-2-4-8-17/h2-10,15-16H,11-14H2,1H3,(H,23,27)(H,24,26)/t15-/m1/s1. The van der Waals surface area contributed by atoms with Crippen molar-refractivity contribution in [3.05, 3.63) is 59.1 Å². The predicted molar refractivity (Wildman–Crippen MR) is 112 cm³/mol. The van der Waals surface area contributed by atoms with Gasteiger partial charge in [-0.25, -0.2) is 4.79 Å². The Hall–Kier alpha value is -2.34. The van der Waals surface area contributed by atoms with E-state index in [4.69, 9.17) is 0 Å². The lowest BCUT2D eigenvalue weighted by atomic mass is 9.85. The van der Waals surface area contributed by atoms with Crippen LogP contribution in [0.4, 0.5) is 16.2 Å². The van der Waals surface area contributed by atoms with Crippen LogP contribution in [-0.2, 0) is 4.79 Å². The van der Waals surface area contributed by atoms with Crippen LogP contribution in [0, 0.1) is 11.8 Å². The van der Waals surface area contributed by atoms with Crippen LogP contribution < -0.4 is 10.6 Å². The predicted octanol–water partition coefficient (Wildman–Crippen LogP) is 4.97. The van der Waals surface area contributed by atoms with E-state index in [0.29, 0.717) is 13.1 Å². The van der Waals surface area contributed by atoms with Crippen molar-refractivity contribution in [3.63, 3.8) is 0 Å². The van der Waals surface area contributed by atoms with Crippen LogP contribution in [-0.4, -0.2) is 29.9 Å². The van der Waals surface area contributed by atoms with E-state index < -0.39 is 0 Å². The number of amides is 3. The summed E-state index contributed by atoms with van der Waals surface area (Å²) in [6.45, 7) is 3.29. The lowest BCUT2D eigenvalue weighted by molar-refractivity contribution is -0.121. The van der Waals surface area contributed by atoms with E-state index >= 15 is 0 Å². The molecule has 6 heteroatoms. The Morgan fingerprint density at radius 3 is 2.30 bits per heavy atom. The topological polar surface area (TPSA) is 61.4 Å². The van der Waals surface area contributed by atoms with Gasteiger partial charge in [0.15, 0.2) is 0 Å². The number of likely N-dealkylation sites (tertiary alicyclic amines) is 1. The molecule has 3 amide bonds. The second-order valence-corrected chi connectivity index (χ2v) is 7.73. The average Bonchev–Trinajstić information content (AvgIpc) is 2.70. The summed E-state index contributed by atoms with van der Waals surface area (Å²) in [7, 11) is 0. The number of rotatable bonds is 4. The molecule has 1 saturated heterocycles. The molecule has 1 aliphatic heterocycles. The van der Waals surface area contributed by atoms with Gasteiger partial charge < -0.3 is 15.5 Å². The van der Waals surface area contributed by atoms with E-state index in [2.05, 4.69) is 26.6 Å². The fraction of sp³-hybridized carbons (Fsp3) is 0.333. The maximum atomic E-state index is 12.6. The van der Waals surface area contributed by atoms with E-state index in [9.17, 15) is 9.59 Å². The fourth-order valence-corrected chi connectivity index (χ4v) is 3.73. The maximum absolute atomic E-state index is 12.6. The van der Waals surface area contributed by atoms with Crippen LogP contribution in [0.5, 0.6) is 0 Å². The summed E-state index contributed by atoms with van der Waals surface area (Å²) in [4.78, 5) is 26.8. The molecule has 1 aliphatic rings. The number of hydrogen-bond acceptors (Lipinski definition) is 2. The van der Waals surface area contributed by atoms with Gasteiger partial charge in [-0.2, -0.15) is 0 Å². The highest BCUT2D eigenvalue weighted by atomic mass is 79.9. The van der Waals surface area contributed by atoms with Crippen molar-refractivity contribution in [1.29, 1.82) is 0 Å². The molecular formula is C21H24BrN3O2. The number of para-hydroxylation sites is 2.